The number of benzene rings is 3. The van der Waals surface area contributed by atoms with E-state index in [9.17, 15) is 31.9 Å². The van der Waals surface area contributed by atoms with Crippen LogP contribution in [0.1, 0.15) is 22.7 Å². The molecule has 0 spiro atoms. The van der Waals surface area contributed by atoms with Gasteiger partial charge < -0.3 is 15.5 Å². The summed E-state index contributed by atoms with van der Waals surface area (Å²) in [5.41, 5.74) is 1.01. The second kappa shape index (κ2) is 11.5. The summed E-state index contributed by atoms with van der Waals surface area (Å²) in [5.74, 6) is -1.55. The summed E-state index contributed by atoms with van der Waals surface area (Å²) in [5, 5.41) is 5.47. The van der Waals surface area contributed by atoms with Gasteiger partial charge in [0, 0.05) is 18.7 Å². The maximum Gasteiger partial charge on any atom is 0.416 e. The smallest absolute Gasteiger partial charge is 0.326 e. The highest BCUT2D eigenvalue weighted by Crippen LogP contribution is 2.38. The number of carbonyl (C=O) groups excluding carboxylic acids is 3. The van der Waals surface area contributed by atoms with Gasteiger partial charge in [0.25, 0.3) is 5.91 Å². The molecule has 216 valence electrons. The van der Waals surface area contributed by atoms with Crippen molar-refractivity contribution in [2.45, 2.75) is 24.7 Å². The van der Waals surface area contributed by atoms with Crippen LogP contribution in [0, 0.1) is 5.82 Å². The molecule has 2 atom stereocenters. The second-order valence-electron chi connectivity index (χ2n) is 9.90. The molecule has 2 aliphatic heterocycles. The van der Waals surface area contributed by atoms with Crippen LogP contribution in [0.2, 0.25) is 0 Å². The number of hydrogen-bond donors (Lipinski definition) is 2. The fourth-order valence-corrected chi connectivity index (χ4v) is 5.14. The molecule has 0 unspecified atom stereocenters. The van der Waals surface area contributed by atoms with Gasteiger partial charge in [0.1, 0.15) is 11.9 Å². The number of hydrogen-bond acceptors (Lipinski definition) is 3. The average Bonchev–Trinajstić information content (AvgIpc) is 3.31. The van der Waals surface area contributed by atoms with Gasteiger partial charge in [-0.15, -0.1) is 6.58 Å². The monoisotopic (exact) mass is 578 g/mol. The van der Waals surface area contributed by atoms with E-state index in [2.05, 4.69) is 17.2 Å². The van der Waals surface area contributed by atoms with Crippen LogP contribution in [0.3, 0.4) is 0 Å². The van der Waals surface area contributed by atoms with Crippen LogP contribution in [0.15, 0.2) is 103 Å². The van der Waals surface area contributed by atoms with Gasteiger partial charge in [0.05, 0.1) is 29.4 Å². The Labute approximate surface area is 239 Å². The lowest BCUT2D eigenvalue weighted by Crippen LogP contribution is -2.47. The van der Waals surface area contributed by atoms with Crippen molar-refractivity contribution in [1.29, 1.82) is 0 Å². The van der Waals surface area contributed by atoms with Crippen LogP contribution in [0.5, 0.6) is 0 Å². The summed E-state index contributed by atoms with van der Waals surface area (Å²) in [7, 11) is 0. The standard InChI is InChI=1S/C31H26F4N4O3/c1-2-16-38-25-18-39(24(17-19-6-4-3-5-7-19)28(40)36-23-14-12-22(32)13-15-23)29(41)26(25)27(37-30(38)42)20-8-10-21(11-9-20)31(33,34)35/h2-15,24,27H,1,16-18H2,(H,36,40)(H,37,42)/t24-,27+/m1/s1. The van der Waals surface area contributed by atoms with E-state index in [4.69, 9.17) is 0 Å². The molecule has 0 saturated heterocycles. The summed E-state index contributed by atoms with van der Waals surface area (Å²) in [4.78, 5) is 43.6. The first-order valence-corrected chi connectivity index (χ1v) is 13.1. The van der Waals surface area contributed by atoms with Crippen molar-refractivity contribution >= 4 is 23.5 Å². The highest BCUT2D eigenvalue weighted by atomic mass is 19.4. The molecule has 0 radical (unpaired) electrons. The zero-order valence-electron chi connectivity index (χ0n) is 22.2. The van der Waals surface area contributed by atoms with Crippen LogP contribution in [-0.2, 0) is 22.2 Å². The first-order chi connectivity index (χ1) is 20.1. The third-order valence-electron chi connectivity index (χ3n) is 7.20. The minimum atomic E-state index is -4.55. The molecular weight excluding hydrogens is 552 g/mol. The van der Waals surface area contributed by atoms with Crippen molar-refractivity contribution in [2.24, 2.45) is 0 Å². The van der Waals surface area contributed by atoms with Gasteiger partial charge in [-0.25, -0.2) is 9.18 Å². The van der Waals surface area contributed by atoms with Crippen molar-refractivity contribution in [1.82, 2.24) is 15.1 Å². The molecule has 2 aliphatic rings. The van der Waals surface area contributed by atoms with Gasteiger partial charge in [0.2, 0.25) is 5.91 Å². The van der Waals surface area contributed by atoms with E-state index in [1.165, 1.54) is 52.3 Å². The molecule has 4 amide bonds. The van der Waals surface area contributed by atoms with Crippen molar-refractivity contribution in [2.75, 3.05) is 18.4 Å². The summed E-state index contributed by atoms with van der Waals surface area (Å²) in [6, 6.07) is 15.8. The molecule has 3 aromatic carbocycles. The van der Waals surface area contributed by atoms with E-state index in [0.717, 1.165) is 17.7 Å². The molecule has 42 heavy (non-hydrogen) atoms. The zero-order chi connectivity index (χ0) is 30.0. The molecule has 0 saturated carbocycles. The average molecular weight is 579 g/mol. The van der Waals surface area contributed by atoms with E-state index >= 15 is 0 Å². The minimum Gasteiger partial charge on any atom is -0.326 e. The van der Waals surface area contributed by atoms with Crippen LogP contribution in [0.4, 0.5) is 28.0 Å². The van der Waals surface area contributed by atoms with Crippen LogP contribution in [0.25, 0.3) is 0 Å². The van der Waals surface area contributed by atoms with Crippen molar-refractivity contribution in [3.8, 4) is 0 Å². The zero-order valence-corrected chi connectivity index (χ0v) is 22.2. The van der Waals surface area contributed by atoms with Gasteiger partial charge >= 0.3 is 12.2 Å². The number of rotatable bonds is 8. The number of amides is 4. The van der Waals surface area contributed by atoms with E-state index in [-0.39, 0.29) is 30.6 Å². The Morgan fingerprint density at radius 2 is 1.69 bits per heavy atom. The normalized spacial score (nSPS) is 17.6. The second-order valence-corrected chi connectivity index (χ2v) is 9.90. The van der Waals surface area contributed by atoms with Crippen LogP contribution in [-0.4, -0.2) is 46.8 Å². The fraction of sp³-hybridized carbons (Fsp3) is 0.194. The molecule has 0 aliphatic carbocycles. The van der Waals surface area contributed by atoms with Gasteiger partial charge in [-0.1, -0.05) is 48.5 Å². The molecule has 11 heteroatoms. The van der Waals surface area contributed by atoms with Gasteiger partial charge in [0.15, 0.2) is 0 Å². The fourth-order valence-electron chi connectivity index (χ4n) is 5.14. The van der Waals surface area contributed by atoms with Gasteiger partial charge in [-0.3, -0.25) is 14.5 Å². The third kappa shape index (κ3) is 5.76. The first-order valence-electron chi connectivity index (χ1n) is 13.1. The minimum absolute atomic E-state index is 0.0661. The predicted octanol–water partition coefficient (Wildman–Crippen LogP) is 5.44. The summed E-state index contributed by atoms with van der Waals surface area (Å²) >= 11 is 0. The quantitative estimate of drug-likeness (QED) is 0.276. The molecule has 0 fully saturated rings. The molecule has 5 rings (SSSR count). The van der Waals surface area contributed by atoms with Crippen LogP contribution < -0.4 is 10.6 Å². The highest BCUT2D eigenvalue weighted by molar-refractivity contribution is 6.05. The predicted molar refractivity (Wildman–Crippen MR) is 147 cm³/mol. The first kappa shape index (κ1) is 28.6. The van der Waals surface area contributed by atoms with Crippen molar-refractivity contribution in [3.05, 3.63) is 125 Å². The number of nitrogens with zero attached hydrogens (tertiary/aromatic N) is 2. The summed E-state index contributed by atoms with van der Waals surface area (Å²) in [6.45, 7) is 3.65. The molecule has 0 bridgehead atoms. The molecule has 2 heterocycles. The Kier molecular flexibility index (Phi) is 7.84. The van der Waals surface area contributed by atoms with E-state index in [0.29, 0.717) is 11.4 Å². The molecule has 3 aromatic rings. The third-order valence-corrected chi connectivity index (χ3v) is 7.20. The van der Waals surface area contributed by atoms with Gasteiger partial charge in [-0.2, -0.15) is 13.2 Å². The van der Waals surface area contributed by atoms with E-state index in [1.807, 2.05) is 18.2 Å². The maximum absolute atomic E-state index is 14.1. The number of alkyl halides is 3. The van der Waals surface area contributed by atoms with Gasteiger partial charge in [-0.05, 0) is 47.5 Å². The summed E-state index contributed by atoms with van der Waals surface area (Å²) in [6.07, 6.45) is -2.94. The van der Waals surface area contributed by atoms with Crippen LogP contribution >= 0.6 is 0 Å². The SMILES string of the molecule is C=CCN1C(=O)N[C@@H](c2ccc(C(F)(F)F)cc2)C2=C1CN([C@H](Cc1ccccc1)C(=O)Nc1ccc(F)cc1)C2=O. The lowest BCUT2D eigenvalue weighted by molar-refractivity contribution is -0.137. The lowest BCUT2D eigenvalue weighted by atomic mass is 9.94. The van der Waals surface area contributed by atoms with Crippen molar-refractivity contribution in [3.63, 3.8) is 0 Å². The maximum atomic E-state index is 14.1. The van der Waals surface area contributed by atoms with E-state index in [1.54, 1.807) is 12.1 Å². The highest BCUT2D eigenvalue weighted by Gasteiger charge is 2.47. The molecular formula is C31H26F4N4O3. The largest absolute Gasteiger partial charge is 0.416 e. The Balaban J connectivity index is 1.51. The lowest BCUT2D eigenvalue weighted by Gasteiger charge is -2.33. The Morgan fingerprint density at radius 3 is 2.31 bits per heavy atom. The van der Waals surface area contributed by atoms with Crippen molar-refractivity contribution < 1.29 is 31.9 Å². The molecule has 2 N–H and O–H groups in total. The Bertz CT molecular complexity index is 1540. The summed E-state index contributed by atoms with van der Waals surface area (Å²) < 4.78 is 53.0. The number of urea groups is 1. The van der Waals surface area contributed by atoms with E-state index < -0.39 is 47.5 Å². The number of carbonyl (C=O) groups is 3. The number of halogens is 4. The molecule has 0 aromatic heterocycles. The molecule has 7 nitrogen and oxygen atoms in total. The number of anilines is 1. The Morgan fingerprint density at radius 1 is 1.02 bits per heavy atom. The Hall–Kier alpha value is -4.93. The topological polar surface area (TPSA) is 81.8 Å². The number of nitrogens with one attached hydrogen (secondary N) is 2.